The van der Waals surface area contributed by atoms with Gasteiger partial charge < -0.3 is 24.8 Å². The molecule has 0 unspecified atom stereocenters. The maximum Gasteiger partial charge on any atom is 2.00 e. The van der Waals surface area contributed by atoms with E-state index in [9.17, 15) is 9.59 Å². The molecule has 0 saturated heterocycles. The van der Waals surface area contributed by atoms with Crippen molar-refractivity contribution in [2.24, 2.45) is 0 Å². The summed E-state index contributed by atoms with van der Waals surface area (Å²) in [6, 6.07) is 52.5. The van der Waals surface area contributed by atoms with E-state index in [2.05, 4.69) is 93.2 Å². The van der Waals surface area contributed by atoms with Crippen molar-refractivity contribution in [3.05, 3.63) is 201 Å². The van der Waals surface area contributed by atoms with Gasteiger partial charge in [-0.2, -0.15) is 10.2 Å². The van der Waals surface area contributed by atoms with Gasteiger partial charge in [-0.25, -0.2) is 10.2 Å². The number of benzene rings is 6. The zero-order valence-corrected chi connectivity index (χ0v) is 31.4. The molecule has 9 heteroatoms. The number of aromatic nitrogens is 4. The molecule has 2 aromatic heterocycles. The van der Waals surface area contributed by atoms with E-state index in [0.717, 1.165) is 46.1 Å². The molecule has 0 aliphatic rings. The zero-order chi connectivity index (χ0) is 32.7. The Morgan fingerprint density at radius 3 is 1.12 bits per heavy atom. The van der Waals surface area contributed by atoms with E-state index in [-0.39, 0.29) is 62.1 Å². The number of hydrogen-bond acceptors (Lipinski definition) is 4. The average Bonchev–Trinajstić information content (AvgIpc) is 3.14. The molecule has 0 aliphatic carbocycles. The van der Waals surface area contributed by atoms with Crippen LogP contribution in [-0.2, 0) is 39.0 Å². The van der Waals surface area contributed by atoms with E-state index in [4.69, 9.17) is 0 Å². The van der Waals surface area contributed by atoms with Gasteiger partial charge >= 0.3 is 26.2 Å². The third-order valence-corrected chi connectivity index (χ3v) is 8.30. The van der Waals surface area contributed by atoms with E-state index >= 15 is 0 Å². The molecular weight excluding hydrogens is 755 g/mol. The van der Waals surface area contributed by atoms with Crippen LogP contribution < -0.4 is 35.9 Å². The second-order valence-corrected chi connectivity index (χ2v) is 11.6. The Kier molecular flexibility index (Phi) is 14.0. The van der Waals surface area contributed by atoms with Crippen molar-refractivity contribution in [3.8, 4) is 22.5 Å². The third-order valence-electron chi connectivity index (χ3n) is 8.30. The van der Waals surface area contributed by atoms with Gasteiger partial charge in [-0.05, 0) is 59.4 Å². The van der Waals surface area contributed by atoms with E-state index < -0.39 is 0 Å². The molecule has 0 atom stereocenters. The topological polar surface area (TPSA) is 91.5 Å². The zero-order valence-electron chi connectivity index (χ0n) is 27.4. The fourth-order valence-electron chi connectivity index (χ4n) is 5.99. The minimum absolute atomic E-state index is 0. The Hall–Kier alpha value is -4.94. The summed E-state index contributed by atoms with van der Waals surface area (Å²) in [5.74, 6) is 0. The standard InChI is InChI=1S/2C21H16N2O.2ClH.Zr/c2*24-21-19-12-5-4-11-18(19)20(22-23-21)17-10-6-9-16(14-17)13-15-7-2-1-3-8-15;;;/h2*1-12,14H,13H2,(H,23,24);2*1H;/q;;;;+2/p-2. The number of rotatable bonds is 6. The first-order chi connectivity index (χ1) is 23.6. The second kappa shape index (κ2) is 18.3. The smallest absolute Gasteiger partial charge is 1.00 e. The van der Waals surface area contributed by atoms with Crippen molar-refractivity contribution in [1.29, 1.82) is 0 Å². The van der Waals surface area contributed by atoms with Crippen LogP contribution in [0.3, 0.4) is 0 Å². The molecule has 8 rings (SSSR count). The van der Waals surface area contributed by atoms with Crippen LogP contribution in [0.15, 0.2) is 167 Å². The number of aromatic amines is 2. The molecule has 6 aromatic carbocycles. The predicted molar refractivity (Wildman–Crippen MR) is 194 cm³/mol. The molecule has 0 radical (unpaired) electrons. The monoisotopic (exact) mass is 784 g/mol. The molecule has 250 valence electrons. The molecule has 2 heterocycles. The van der Waals surface area contributed by atoms with Crippen LogP contribution in [0.5, 0.6) is 0 Å². The molecule has 0 fully saturated rings. The first-order valence-electron chi connectivity index (χ1n) is 15.8. The Balaban J connectivity index is 0.000000216. The minimum atomic E-state index is -0.158. The van der Waals surface area contributed by atoms with Crippen molar-refractivity contribution < 1.29 is 51.0 Å². The second-order valence-electron chi connectivity index (χ2n) is 11.6. The van der Waals surface area contributed by atoms with Gasteiger partial charge in [0.15, 0.2) is 0 Å². The number of H-pyrrole nitrogens is 2. The first-order valence-corrected chi connectivity index (χ1v) is 15.8. The molecule has 0 saturated carbocycles. The van der Waals surface area contributed by atoms with Crippen molar-refractivity contribution in [3.63, 3.8) is 0 Å². The van der Waals surface area contributed by atoms with Gasteiger partial charge in [-0.15, -0.1) is 0 Å². The molecule has 8 aromatic rings. The van der Waals surface area contributed by atoms with E-state index in [1.54, 1.807) is 0 Å². The normalized spacial score (nSPS) is 10.2. The summed E-state index contributed by atoms with van der Waals surface area (Å²) in [7, 11) is 0. The minimum Gasteiger partial charge on any atom is -1.00 e. The van der Waals surface area contributed by atoms with Crippen LogP contribution in [0.4, 0.5) is 0 Å². The van der Waals surface area contributed by atoms with Gasteiger partial charge in [-0.3, -0.25) is 9.59 Å². The largest absolute Gasteiger partial charge is 2.00 e. The fraction of sp³-hybridized carbons (Fsp3) is 0.0476. The summed E-state index contributed by atoms with van der Waals surface area (Å²) in [5, 5.41) is 16.9. The van der Waals surface area contributed by atoms with Crippen molar-refractivity contribution in [2.75, 3.05) is 0 Å². The number of nitrogens with one attached hydrogen (secondary N) is 2. The SMILES string of the molecule is O=c1[nH]nc(-c2cccc(Cc3ccccc3)c2)c2ccccc12.O=c1[nH]nc(-c2cccc(Cc3ccccc3)c2)c2ccccc12.[Cl-].[Cl-].[Zr+2]. The van der Waals surface area contributed by atoms with Gasteiger partial charge in [0.05, 0.1) is 22.2 Å². The maximum atomic E-state index is 12.0. The van der Waals surface area contributed by atoms with Crippen molar-refractivity contribution in [2.45, 2.75) is 12.8 Å². The number of hydrogen-bond donors (Lipinski definition) is 2. The van der Waals surface area contributed by atoms with Crippen LogP contribution in [0.2, 0.25) is 0 Å². The number of halogens is 2. The molecule has 6 nitrogen and oxygen atoms in total. The summed E-state index contributed by atoms with van der Waals surface area (Å²) >= 11 is 0. The number of nitrogens with zero attached hydrogens (tertiary/aromatic N) is 2. The van der Waals surface area contributed by atoms with Crippen LogP contribution in [-0.4, -0.2) is 20.4 Å². The Morgan fingerprint density at radius 2 is 0.725 bits per heavy atom. The number of fused-ring (bicyclic) bond motifs is 2. The van der Waals surface area contributed by atoms with Gasteiger partial charge in [0, 0.05) is 21.9 Å². The summed E-state index contributed by atoms with van der Waals surface area (Å²) in [6.07, 6.45) is 1.74. The van der Waals surface area contributed by atoms with Gasteiger partial charge in [0.25, 0.3) is 11.1 Å². The Morgan fingerprint density at radius 1 is 0.392 bits per heavy atom. The van der Waals surface area contributed by atoms with E-state index in [0.29, 0.717) is 10.8 Å². The Bertz CT molecular complexity index is 2300. The van der Waals surface area contributed by atoms with Gasteiger partial charge in [0.2, 0.25) is 0 Å². The molecule has 0 bridgehead atoms. The fourth-order valence-corrected chi connectivity index (χ4v) is 5.99. The summed E-state index contributed by atoms with van der Waals surface area (Å²) in [5.41, 5.74) is 8.30. The van der Waals surface area contributed by atoms with E-state index in [1.807, 2.05) is 84.9 Å². The van der Waals surface area contributed by atoms with E-state index in [1.165, 1.54) is 22.3 Å². The predicted octanol–water partition coefficient (Wildman–Crippen LogP) is 2.37. The molecular formula is C42H32Cl2N4O2Zr. The summed E-state index contributed by atoms with van der Waals surface area (Å²) in [6.45, 7) is 0. The first kappa shape index (κ1) is 38.9. The molecule has 0 amide bonds. The quantitative estimate of drug-likeness (QED) is 0.271. The van der Waals surface area contributed by atoms with Gasteiger partial charge in [-0.1, -0.05) is 133 Å². The average molecular weight is 787 g/mol. The van der Waals surface area contributed by atoms with Crippen LogP contribution >= 0.6 is 0 Å². The van der Waals surface area contributed by atoms with Crippen LogP contribution in [0.25, 0.3) is 44.1 Å². The summed E-state index contributed by atoms with van der Waals surface area (Å²) in [4.78, 5) is 23.9. The molecule has 51 heavy (non-hydrogen) atoms. The Labute approximate surface area is 327 Å². The molecule has 0 spiro atoms. The van der Waals surface area contributed by atoms with Crippen LogP contribution in [0, 0.1) is 0 Å². The third kappa shape index (κ3) is 9.25. The van der Waals surface area contributed by atoms with Gasteiger partial charge in [0.1, 0.15) is 0 Å². The maximum absolute atomic E-state index is 12.0. The summed E-state index contributed by atoms with van der Waals surface area (Å²) < 4.78 is 0. The van der Waals surface area contributed by atoms with Crippen molar-refractivity contribution >= 4 is 21.5 Å². The van der Waals surface area contributed by atoms with Crippen molar-refractivity contribution in [1.82, 2.24) is 20.4 Å². The van der Waals surface area contributed by atoms with Crippen LogP contribution in [0.1, 0.15) is 22.3 Å². The molecule has 2 N–H and O–H groups in total. The molecule has 0 aliphatic heterocycles.